The zero-order valence-electron chi connectivity index (χ0n) is 20.3. The summed E-state index contributed by atoms with van der Waals surface area (Å²) in [6.07, 6.45) is 4.20. The van der Waals surface area contributed by atoms with Crippen molar-refractivity contribution in [2.24, 2.45) is 0 Å². The monoisotopic (exact) mass is 538 g/mol. The Balaban J connectivity index is 1.67. The van der Waals surface area contributed by atoms with Crippen molar-refractivity contribution in [3.8, 4) is 11.1 Å². The summed E-state index contributed by atoms with van der Waals surface area (Å²) in [6, 6.07) is 13.7. The molecule has 0 radical (unpaired) electrons. The molecule has 1 fully saturated rings. The molecular formula is C26H32ClFN2O3S2. The van der Waals surface area contributed by atoms with E-state index in [1.165, 1.54) is 11.0 Å². The summed E-state index contributed by atoms with van der Waals surface area (Å²) < 4.78 is 33.9. The second-order valence-corrected chi connectivity index (χ2v) is 11.5. The highest BCUT2D eigenvalue weighted by Crippen LogP contribution is 2.38. The van der Waals surface area contributed by atoms with E-state index in [2.05, 4.69) is 27.8 Å². The van der Waals surface area contributed by atoms with Gasteiger partial charge in [-0.15, -0.1) is 0 Å². The minimum atomic E-state index is -1.91. The number of benzene rings is 2. The molecule has 1 N–H and O–H groups in total. The van der Waals surface area contributed by atoms with E-state index in [4.69, 9.17) is 16.3 Å². The van der Waals surface area contributed by atoms with Crippen molar-refractivity contribution in [3.63, 3.8) is 0 Å². The molecule has 0 spiro atoms. The predicted octanol–water partition coefficient (Wildman–Crippen LogP) is 5.40. The van der Waals surface area contributed by atoms with Crippen LogP contribution in [0.5, 0.6) is 0 Å². The second kappa shape index (κ2) is 13.0. The number of carbonyl (C=O) groups is 1. The van der Waals surface area contributed by atoms with Crippen LogP contribution in [0.4, 0.5) is 4.39 Å². The zero-order valence-corrected chi connectivity index (χ0v) is 22.6. The minimum absolute atomic E-state index is 0.109. The average molecular weight is 539 g/mol. The molecule has 0 saturated carbocycles. The summed E-state index contributed by atoms with van der Waals surface area (Å²) >= 11 is 7.89. The number of ether oxygens (including phenoxy) is 1. The summed E-state index contributed by atoms with van der Waals surface area (Å²) in [5, 5.41) is 4.83. The first-order valence-electron chi connectivity index (χ1n) is 11.5. The Morgan fingerprint density at radius 2 is 2.06 bits per heavy atom. The van der Waals surface area contributed by atoms with Gasteiger partial charge in [0.15, 0.2) is 5.67 Å². The molecule has 190 valence electrons. The van der Waals surface area contributed by atoms with Gasteiger partial charge in [0.1, 0.15) is 0 Å². The molecule has 5 nitrogen and oxygen atoms in total. The second-order valence-electron chi connectivity index (χ2n) is 8.66. The van der Waals surface area contributed by atoms with Gasteiger partial charge < -0.3 is 10.1 Å². The smallest absolute Gasteiger partial charge is 0.258 e. The molecule has 9 heteroatoms. The molecule has 0 aliphatic carbocycles. The summed E-state index contributed by atoms with van der Waals surface area (Å²) in [5.74, 6) is -0.610. The highest BCUT2D eigenvalue weighted by atomic mass is 35.5. The normalized spacial score (nSPS) is 17.9. The van der Waals surface area contributed by atoms with Crippen LogP contribution in [0, 0.1) is 0 Å². The van der Waals surface area contributed by atoms with Gasteiger partial charge >= 0.3 is 0 Å². The molecule has 1 amide bonds. The molecule has 1 heterocycles. The average Bonchev–Trinajstić information content (AvgIpc) is 2.84. The summed E-state index contributed by atoms with van der Waals surface area (Å²) in [5.41, 5.74) is 1.35. The SMILES string of the molecule is COCCc1cccc(-c2cc(Cl)ccc2SN2CCC(F)(C(=O)NC(C)/C=C\S(C)=O)CC2)c1. The highest BCUT2D eigenvalue weighted by molar-refractivity contribution is 7.97. The maximum absolute atomic E-state index is 15.4. The fraction of sp³-hybridized carbons (Fsp3) is 0.423. The number of piperidine rings is 1. The Morgan fingerprint density at radius 3 is 2.74 bits per heavy atom. The summed E-state index contributed by atoms with van der Waals surface area (Å²) in [7, 11) is 0.582. The molecule has 0 bridgehead atoms. The van der Waals surface area contributed by atoms with Crippen LogP contribution in [0.25, 0.3) is 11.1 Å². The van der Waals surface area contributed by atoms with E-state index in [1.54, 1.807) is 38.3 Å². The molecule has 2 aromatic rings. The van der Waals surface area contributed by atoms with E-state index in [0.717, 1.165) is 22.4 Å². The maximum Gasteiger partial charge on any atom is 0.258 e. The Labute approximate surface area is 219 Å². The van der Waals surface area contributed by atoms with Crippen LogP contribution in [0.1, 0.15) is 25.3 Å². The van der Waals surface area contributed by atoms with E-state index in [1.807, 2.05) is 24.3 Å². The number of hydrogen-bond acceptors (Lipinski definition) is 5. The van der Waals surface area contributed by atoms with E-state index < -0.39 is 22.4 Å². The number of amides is 1. The van der Waals surface area contributed by atoms with E-state index in [0.29, 0.717) is 24.7 Å². The molecule has 1 aliphatic heterocycles. The van der Waals surface area contributed by atoms with Crippen LogP contribution in [-0.2, 0) is 26.8 Å². The van der Waals surface area contributed by atoms with Gasteiger partial charge in [-0.2, -0.15) is 0 Å². The molecule has 2 aromatic carbocycles. The van der Waals surface area contributed by atoms with Crippen LogP contribution >= 0.6 is 23.5 Å². The number of rotatable bonds is 10. The summed E-state index contributed by atoms with van der Waals surface area (Å²) in [6.45, 7) is 3.27. The number of carbonyl (C=O) groups excluding carboxylic acids is 1. The number of alkyl halides is 1. The first-order chi connectivity index (χ1) is 16.7. The van der Waals surface area contributed by atoms with Crippen molar-refractivity contribution < 1.29 is 18.1 Å². The largest absolute Gasteiger partial charge is 0.384 e. The lowest BCUT2D eigenvalue weighted by Crippen LogP contribution is -2.51. The van der Waals surface area contributed by atoms with Crippen molar-refractivity contribution >= 4 is 40.3 Å². The number of nitrogens with one attached hydrogen (secondary N) is 1. The quantitative estimate of drug-likeness (QED) is 0.410. The minimum Gasteiger partial charge on any atom is -0.384 e. The van der Waals surface area contributed by atoms with Gasteiger partial charge in [-0.25, -0.2) is 8.70 Å². The lowest BCUT2D eigenvalue weighted by Gasteiger charge is -2.35. The van der Waals surface area contributed by atoms with Gasteiger partial charge in [0, 0.05) is 71.5 Å². The molecule has 2 unspecified atom stereocenters. The van der Waals surface area contributed by atoms with E-state index in [-0.39, 0.29) is 18.9 Å². The lowest BCUT2D eigenvalue weighted by atomic mass is 9.93. The Morgan fingerprint density at radius 1 is 1.31 bits per heavy atom. The van der Waals surface area contributed by atoms with Crippen LogP contribution in [0.3, 0.4) is 0 Å². The fourth-order valence-electron chi connectivity index (χ4n) is 3.83. The van der Waals surface area contributed by atoms with E-state index >= 15 is 4.39 Å². The zero-order chi connectivity index (χ0) is 25.4. The molecule has 1 saturated heterocycles. The molecule has 3 rings (SSSR count). The van der Waals surface area contributed by atoms with Gasteiger partial charge in [0.2, 0.25) is 0 Å². The van der Waals surface area contributed by atoms with Crippen molar-refractivity contribution in [2.75, 3.05) is 33.1 Å². The lowest BCUT2D eigenvalue weighted by molar-refractivity contribution is -0.135. The van der Waals surface area contributed by atoms with Gasteiger partial charge in [0.05, 0.1) is 6.61 Å². The standard InChI is InChI=1S/C26H32ClFN2O3S2/c1-19(10-16-35(3)32)29-25(31)26(28)11-13-30(14-12-26)34-24-8-7-22(27)18-23(24)21-6-4-5-20(17-21)9-15-33-2/h4-8,10,16-19H,9,11-15H2,1-3H3,(H,29,31)/b16-10-. The van der Waals surface area contributed by atoms with Gasteiger partial charge in [0.25, 0.3) is 5.91 Å². The number of nitrogens with zero attached hydrogens (tertiary/aromatic N) is 1. The van der Waals surface area contributed by atoms with Crippen molar-refractivity contribution in [2.45, 2.75) is 42.8 Å². The van der Waals surface area contributed by atoms with Crippen LogP contribution in [0.2, 0.25) is 5.02 Å². The topological polar surface area (TPSA) is 58.6 Å². The number of hydrogen-bond donors (Lipinski definition) is 1. The van der Waals surface area contributed by atoms with Crippen molar-refractivity contribution in [3.05, 3.63) is 64.5 Å². The predicted molar refractivity (Wildman–Crippen MR) is 144 cm³/mol. The Hall–Kier alpha value is -1.71. The van der Waals surface area contributed by atoms with Gasteiger partial charge in [-0.1, -0.05) is 41.9 Å². The van der Waals surface area contributed by atoms with E-state index in [9.17, 15) is 9.00 Å². The van der Waals surface area contributed by atoms with Crippen LogP contribution < -0.4 is 5.32 Å². The third-order valence-electron chi connectivity index (χ3n) is 5.84. The van der Waals surface area contributed by atoms with Crippen LogP contribution in [0.15, 0.2) is 58.8 Å². The highest BCUT2D eigenvalue weighted by Gasteiger charge is 2.42. The maximum atomic E-state index is 15.4. The Kier molecular flexibility index (Phi) is 10.4. The molecular weight excluding hydrogens is 507 g/mol. The van der Waals surface area contributed by atoms with Crippen LogP contribution in [-0.4, -0.2) is 59.2 Å². The third-order valence-corrected chi connectivity index (χ3v) is 7.79. The van der Waals surface area contributed by atoms with Gasteiger partial charge in [-0.3, -0.25) is 9.00 Å². The Bertz CT molecular complexity index is 1070. The molecule has 0 aromatic heterocycles. The third kappa shape index (κ3) is 8.15. The number of halogens is 2. The molecule has 35 heavy (non-hydrogen) atoms. The van der Waals surface area contributed by atoms with Crippen molar-refractivity contribution in [1.29, 1.82) is 0 Å². The van der Waals surface area contributed by atoms with Gasteiger partial charge in [-0.05, 0) is 60.2 Å². The summed E-state index contributed by atoms with van der Waals surface area (Å²) in [4.78, 5) is 13.6. The fourth-order valence-corrected chi connectivity index (χ4v) is 5.51. The van der Waals surface area contributed by atoms with Crippen molar-refractivity contribution in [1.82, 2.24) is 9.62 Å². The number of methoxy groups -OCH3 is 1. The molecule has 2 atom stereocenters. The first-order valence-corrected chi connectivity index (χ1v) is 14.3. The molecule has 1 aliphatic rings. The first kappa shape index (κ1) is 27.9.